The third-order valence-corrected chi connectivity index (χ3v) is 12.2. The third kappa shape index (κ3) is 18.9. The predicted octanol–water partition coefficient (Wildman–Crippen LogP) is 9.88. The van der Waals surface area contributed by atoms with Crippen LogP contribution in [0.4, 0.5) is 21.0 Å². The highest BCUT2D eigenvalue weighted by Gasteiger charge is 2.41. The van der Waals surface area contributed by atoms with Gasteiger partial charge in [-0.2, -0.15) is 0 Å². The molecule has 5 N–H and O–H groups in total. The second-order valence-corrected chi connectivity index (χ2v) is 20.2. The van der Waals surface area contributed by atoms with Crippen molar-refractivity contribution in [3.05, 3.63) is 154 Å². The number of ether oxygens (including phenoxy) is 2. The van der Waals surface area contributed by atoms with E-state index < -0.39 is 59.4 Å². The van der Waals surface area contributed by atoms with Crippen LogP contribution in [0.2, 0.25) is 0 Å². The Balaban J connectivity index is 0.000000273. The van der Waals surface area contributed by atoms with Crippen LogP contribution >= 0.6 is 0 Å². The molecule has 16 heteroatoms. The van der Waals surface area contributed by atoms with Crippen molar-refractivity contribution in [3.63, 3.8) is 0 Å². The number of likely N-dealkylation sites (tertiary alicyclic amines) is 2. The average Bonchev–Trinajstić information content (AvgIpc) is 3.37. The monoisotopic (exact) mass is 998 g/mol. The minimum atomic E-state index is -1.12. The molecule has 0 aliphatic carbocycles. The number of rotatable bonds is 12. The maximum Gasteiger partial charge on any atom is 0.410 e. The van der Waals surface area contributed by atoms with Crippen LogP contribution in [0.15, 0.2) is 109 Å². The SMILES string of the molecule is C[C@H](NC(=O)[C@H]1C[C@@H](c2ccccc2)CCN1C(=O)OC(C)(C)C)C(=O)O.[C-]#[N+]c1ccc(CCC(=O)[C@H](C)NC(=O)[C@H]2C[C@@H](c3ccccc3)CCN2C(=O)OC(C)(C)C)cc1.[C-]#[N+]c1ccc(CN)cc1. The lowest BCUT2D eigenvalue weighted by atomic mass is 9.85. The van der Waals surface area contributed by atoms with Crippen LogP contribution in [0.25, 0.3) is 9.69 Å². The van der Waals surface area contributed by atoms with Gasteiger partial charge < -0.3 is 30.9 Å². The van der Waals surface area contributed by atoms with Crippen molar-refractivity contribution >= 4 is 47.1 Å². The Hall–Kier alpha value is -7.56. The van der Waals surface area contributed by atoms with E-state index in [-0.39, 0.29) is 29.9 Å². The first kappa shape index (κ1) is 58.0. The summed E-state index contributed by atoms with van der Waals surface area (Å²) in [5.41, 5.74) is 9.49. The molecule has 0 unspecified atom stereocenters. The van der Waals surface area contributed by atoms with E-state index in [4.69, 9.17) is 33.5 Å². The van der Waals surface area contributed by atoms with E-state index in [2.05, 4.69) is 20.3 Å². The molecule has 0 saturated carbocycles. The van der Waals surface area contributed by atoms with E-state index in [9.17, 15) is 28.8 Å². The normalized spacial score (nSPS) is 18.2. The number of amides is 4. The van der Waals surface area contributed by atoms with Crippen molar-refractivity contribution < 1.29 is 43.3 Å². The first-order valence-electron chi connectivity index (χ1n) is 24.6. The fourth-order valence-corrected chi connectivity index (χ4v) is 8.25. The molecule has 0 bridgehead atoms. The molecule has 2 heterocycles. The second kappa shape index (κ2) is 27.3. The maximum atomic E-state index is 13.4. The molecule has 4 aromatic rings. The van der Waals surface area contributed by atoms with Crippen LogP contribution < -0.4 is 16.4 Å². The highest BCUT2D eigenvalue weighted by molar-refractivity contribution is 5.92. The number of carboxylic acid groups (broad SMARTS) is 1. The number of aryl methyl sites for hydroxylation is 1. The molecule has 4 amide bonds. The van der Waals surface area contributed by atoms with Gasteiger partial charge in [-0.1, -0.05) is 115 Å². The zero-order valence-corrected chi connectivity index (χ0v) is 43.3. The van der Waals surface area contributed by atoms with Gasteiger partial charge in [0.25, 0.3) is 0 Å². The summed E-state index contributed by atoms with van der Waals surface area (Å²) < 4.78 is 11.0. The van der Waals surface area contributed by atoms with E-state index in [0.29, 0.717) is 56.7 Å². The van der Waals surface area contributed by atoms with Crippen molar-refractivity contribution in [2.75, 3.05) is 13.1 Å². The first-order chi connectivity index (χ1) is 34.5. The lowest BCUT2D eigenvalue weighted by molar-refractivity contribution is -0.142. The quantitative estimate of drug-likeness (QED) is 0.0989. The number of piperidine rings is 2. The molecular weight excluding hydrogens is 927 g/mol. The van der Waals surface area contributed by atoms with Crippen molar-refractivity contribution in [1.29, 1.82) is 0 Å². The first-order valence-corrected chi connectivity index (χ1v) is 24.6. The predicted molar refractivity (Wildman–Crippen MR) is 280 cm³/mol. The lowest BCUT2D eigenvalue weighted by Crippen LogP contribution is -2.56. The molecule has 0 spiro atoms. The van der Waals surface area contributed by atoms with Gasteiger partial charge in [0.05, 0.1) is 19.2 Å². The summed E-state index contributed by atoms with van der Waals surface area (Å²) in [6, 6.07) is 31.0. The summed E-state index contributed by atoms with van der Waals surface area (Å²) in [4.78, 5) is 85.1. The van der Waals surface area contributed by atoms with Gasteiger partial charge in [-0.25, -0.2) is 19.3 Å². The number of benzene rings is 4. The number of nitrogens with zero attached hydrogens (tertiary/aromatic N) is 4. The number of Topliss-reactive ketones (excluding diaryl/α,β-unsaturated/α-hetero) is 1. The molecule has 4 aromatic carbocycles. The fourth-order valence-electron chi connectivity index (χ4n) is 8.25. The maximum absolute atomic E-state index is 13.4. The average molecular weight is 998 g/mol. The van der Waals surface area contributed by atoms with Crippen LogP contribution in [-0.4, -0.2) is 99.1 Å². The Labute approximate surface area is 430 Å². The summed E-state index contributed by atoms with van der Waals surface area (Å²) in [5, 5.41) is 14.4. The van der Waals surface area contributed by atoms with E-state index >= 15 is 0 Å². The smallest absolute Gasteiger partial charge is 0.410 e. The van der Waals surface area contributed by atoms with E-state index in [0.717, 1.165) is 28.7 Å². The molecule has 2 aliphatic rings. The molecular formula is C57H71N7O9. The highest BCUT2D eigenvalue weighted by Crippen LogP contribution is 2.34. The van der Waals surface area contributed by atoms with Gasteiger partial charge in [-0.05, 0) is 116 Å². The Bertz CT molecular complexity index is 2550. The molecule has 0 aromatic heterocycles. The molecule has 2 aliphatic heterocycles. The molecule has 2 fully saturated rings. The zero-order chi connectivity index (χ0) is 53.9. The highest BCUT2D eigenvalue weighted by atomic mass is 16.6. The molecule has 16 nitrogen and oxygen atoms in total. The second-order valence-electron chi connectivity index (χ2n) is 20.2. The number of carbonyl (C=O) groups is 6. The molecule has 73 heavy (non-hydrogen) atoms. The van der Waals surface area contributed by atoms with Crippen molar-refractivity contribution in [2.24, 2.45) is 5.73 Å². The fraction of sp³-hybridized carbons (Fsp3) is 0.439. The number of aliphatic carboxylic acids is 1. The summed E-state index contributed by atoms with van der Waals surface area (Å²) in [6.45, 7) is 28.8. The van der Waals surface area contributed by atoms with Gasteiger partial charge >= 0.3 is 18.2 Å². The van der Waals surface area contributed by atoms with E-state index in [1.807, 2.05) is 84.9 Å². The molecule has 2 saturated heterocycles. The minimum Gasteiger partial charge on any atom is -0.480 e. The molecule has 6 atom stereocenters. The third-order valence-electron chi connectivity index (χ3n) is 12.2. The van der Waals surface area contributed by atoms with Crippen molar-refractivity contribution in [2.45, 2.75) is 148 Å². The van der Waals surface area contributed by atoms with Gasteiger partial charge in [-0.15, -0.1) is 0 Å². The summed E-state index contributed by atoms with van der Waals surface area (Å²) in [5.74, 6) is -1.79. The Kier molecular flexibility index (Phi) is 21.7. The van der Waals surface area contributed by atoms with Crippen LogP contribution in [0, 0.1) is 13.1 Å². The Morgan fingerprint density at radius 2 is 1.01 bits per heavy atom. The van der Waals surface area contributed by atoms with E-state index in [1.165, 1.54) is 16.7 Å². The van der Waals surface area contributed by atoms with Crippen LogP contribution in [0.5, 0.6) is 0 Å². The summed E-state index contributed by atoms with van der Waals surface area (Å²) in [7, 11) is 0. The Morgan fingerprint density at radius 3 is 1.37 bits per heavy atom. The number of carbonyl (C=O) groups excluding carboxylic acids is 5. The van der Waals surface area contributed by atoms with Crippen molar-refractivity contribution in [1.82, 2.24) is 20.4 Å². The van der Waals surface area contributed by atoms with Crippen LogP contribution in [0.3, 0.4) is 0 Å². The van der Waals surface area contributed by atoms with Crippen molar-refractivity contribution in [3.8, 4) is 0 Å². The van der Waals surface area contributed by atoms with Crippen LogP contribution in [0.1, 0.15) is 122 Å². The lowest BCUT2D eigenvalue weighted by Gasteiger charge is -2.39. The van der Waals surface area contributed by atoms with E-state index in [1.54, 1.807) is 72.7 Å². The van der Waals surface area contributed by atoms with Crippen LogP contribution in [-0.2, 0) is 41.6 Å². The molecule has 6 rings (SSSR count). The van der Waals surface area contributed by atoms with Gasteiger partial charge in [-0.3, -0.25) is 29.0 Å². The molecule has 0 radical (unpaired) electrons. The topological polar surface area (TPSA) is 206 Å². The molecule has 388 valence electrons. The summed E-state index contributed by atoms with van der Waals surface area (Å²) >= 11 is 0. The largest absolute Gasteiger partial charge is 0.480 e. The number of nitrogens with one attached hydrogen (secondary N) is 2. The number of hydrogen-bond acceptors (Lipinski definition) is 9. The van der Waals surface area contributed by atoms with Gasteiger partial charge in [0.2, 0.25) is 11.8 Å². The standard InChI is InChI=1S/C29H35N3O4.C20H28N2O5.C8H8N2/c1-20(26(33)16-13-21-11-14-24(30-5)15-12-21)31-27(34)25-19-23(22-9-7-6-8-10-22)17-18-32(25)28(35)36-29(2,3)4;1-13(18(24)25)21-17(23)16-12-15(14-8-6-5-7-9-14)10-11-22(16)19(26)27-20(2,3)4;1-10-8-4-2-7(6-9)3-5-8/h6-12,14-15,20,23,25H,13,16-19H2,1-4H3,(H,31,34);5-9,13,15-16H,10-12H2,1-4H3,(H,21,23)(H,24,25);2-5H,6,9H2/t20-,23-,25+;13-,15-,16+;/m00./s1. The Morgan fingerprint density at radius 1 is 0.630 bits per heavy atom. The number of hydrogen-bond donors (Lipinski definition) is 4. The zero-order valence-electron chi connectivity index (χ0n) is 43.3. The van der Waals surface area contributed by atoms with Gasteiger partial charge in [0, 0.05) is 26.1 Å². The van der Waals surface area contributed by atoms with Gasteiger partial charge in [0.1, 0.15) is 29.3 Å². The number of nitrogens with two attached hydrogens (primary N) is 1. The summed E-state index contributed by atoms with van der Waals surface area (Å²) in [6.07, 6.45) is 2.04. The number of ketones is 1. The minimum absolute atomic E-state index is 0.0863. The van der Waals surface area contributed by atoms with Gasteiger partial charge in [0.15, 0.2) is 17.2 Å². The number of carboxylic acids is 1.